The summed E-state index contributed by atoms with van der Waals surface area (Å²) in [6.45, 7) is 4.17. The summed E-state index contributed by atoms with van der Waals surface area (Å²) in [6, 6.07) is 0. The largest absolute Gasteiger partial charge is 0.472 e. The number of esters is 3. The van der Waals surface area contributed by atoms with Crippen LogP contribution in [0.15, 0.2) is 134 Å². The van der Waals surface area contributed by atoms with E-state index < -0.39 is 64.4 Å². The summed E-state index contributed by atoms with van der Waals surface area (Å²) in [5.74, 6) is -1.68. The number of rotatable bonds is 48. The van der Waals surface area contributed by atoms with Gasteiger partial charge in [0.05, 0.1) is 19.8 Å². The van der Waals surface area contributed by atoms with Gasteiger partial charge in [0.1, 0.15) is 12.7 Å². The predicted molar refractivity (Wildman–Crippen MR) is 297 cm³/mol. The summed E-state index contributed by atoms with van der Waals surface area (Å²) in [4.78, 5) is 48.3. The maximum atomic E-state index is 12.9. The molecule has 0 aromatic carbocycles. The minimum atomic E-state index is -4.79. The van der Waals surface area contributed by atoms with Gasteiger partial charge >= 0.3 is 25.7 Å². The van der Waals surface area contributed by atoms with Gasteiger partial charge in [-0.2, -0.15) is 0 Å². The molecule has 0 aliphatic heterocycles. The van der Waals surface area contributed by atoms with Crippen molar-refractivity contribution in [2.75, 3.05) is 26.4 Å². The highest BCUT2D eigenvalue weighted by Gasteiger charge is 2.28. The molecule has 0 bridgehead atoms. The molecule has 0 aliphatic rings. The number of carbonyl (C=O) groups is 3. The molecule has 0 saturated heterocycles. The molecular weight excluding hydrogens is 928 g/mol. The van der Waals surface area contributed by atoms with Crippen LogP contribution in [-0.2, 0) is 42.2 Å². The number of allylic oxidation sites excluding steroid dienone is 22. The summed E-state index contributed by atoms with van der Waals surface area (Å²) in [6.07, 6.45) is 66.0. The normalized spacial score (nSPS) is 14.5. The van der Waals surface area contributed by atoms with Gasteiger partial charge < -0.3 is 24.2 Å². The van der Waals surface area contributed by atoms with Crippen molar-refractivity contribution >= 4 is 25.7 Å². The van der Waals surface area contributed by atoms with E-state index in [1.807, 2.05) is 30.4 Å². The maximum absolute atomic E-state index is 12.9. The van der Waals surface area contributed by atoms with Crippen molar-refractivity contribution in [2.45, 2.75) is 200 Å². The molecule has 0 spiro atoms. The van der Waals surface area contributed by atoms with E-state index in [1.165, 1.54) is 25.7 Å². The van der Waals surface area contributed by atoms with E-state index in [9.17, 15) is 28.9 Å². The number of ether oxygens (including phenoxy) is 3. The molecular formula is C60H95O11P. The molecule has 3 atom stereocenters. The molecule has 0 aromatic rings. The van der Waals surface area contributed by atoms with Crippen LogP contribution in [0, 0.1) is 0 Å². The Morgan fingerprint density at radius 3 is 1.19 bits per heavy atom. The molecule has 2 N–H and O–H groups in total. The Kier molecular flexibility index (Phi) is 49.7. The molecule has 0 amide bonds. The first kappa shape index (κ1) is 67.6. The number of carbonyl (C=O) groups excluding carboxylic acids is 3. The smallest absolute Gasteiger partial charge is 0.462 e. The Morgan fingerprint density at radius 2 is 0.750 bits per heavy atom. The van der Waals surface area contributed by atoms with Crippen molar-refractivity contribution in [2.24, 2.45) is 0 Å². The van der Waals surface area contributed by atoms with Crippen LogP contribution in [0.5, 0.6) is 0 Å². The van der Waals surface area contributed by atoms with E-state index >= 15 is 0 Å². The number of unbranched alkanes of at least 4 members (excludes halogenated alkanes) is 9. The number of hydrogen-bond acceptors (Lipinski definition) is 10. The van der Waals surface area contributed by atoms with Gasteiger partial charge in [-0.25, -0.2) is 4.57 Å². The van der Waals surface area contributed by atoms with Crippen LogP contribution in [0.4, 0.5) is 0 Å². The second kappa shape index (κ2) is 52.9. The average molecular weight is 1020 g/mol. The predicted octanol–water partition coefficient (Wildman–Crippen LogP) is 15.8. The zero-order valence-electron chi connectivity index (χ0n) is 44.6. The first-order valence-corrected chi connectivity index (χ1v) is 28.6. The van der Waals surface area contributed by atoms with E-state index in [1.54, 1.807) is 0 Å². The van der Waals surface area contributed by atoms with E-state index in [0.29, 0.717) is 19.3 Å². The fourth-order valence-electron chi connectivity index (χ4n) is 6.51. The van der Waals surface area contributed by atoms with Gasteiger partial charge in [0.2, 0.25) is 0 Å². The number of hydrogen-bond donors (Lipinski definition) is 2. The number of phosphoric acid groups is 1. The monoisotopic (exact) mass is 1020 g/mol. The lowest BCUT2D eigenvalue weighted by Crippen LogP contribution is -2.30. The summed E-state index contributed by atoms with van der Waals surface area (Å²) in [5.41, 5.74) is 0. The lowest BCUT2D eigenvalue weighted by Gasteiger charge is -2.21. The lowest BCUT2D eigenvalue weighted by atomic mass is 10.1. The quantitative estimate of drug-likeness (QED) is 0.0197. The molecule has 0 aromatic heterocycles. The second-order valence-electron chi connectivity index (χ2n) is 17.3. The highest BCUT2D eigenvalue weighted by atomic mass is 31.2. The summed E-state index contributed by atoms with van der Waals surface area (Å²) < 4.78 is 39.2. The summed E-state index contributed by atoms with van der Waals surface area (Å²) in [5, 5.41) is 9.77. The summed E-state index contributed by atoms with van der Waals surface area (Å²) >= 11 is 0. The van der Waals surface area contributed by atoms with Gasteiger partial charge in [0.25, 0.3) is 0 Å². The third-order valence-electron chi connectivity index (χ3n) is 10.6. The van der Waals surface area contributed by atoms with Crippen LogP contribution in [0.1, 0.15) is 188 Å². The van der Waals surface area contributed by atoms with Crippen molar-refractivity contribution in [3.8, 4) is 0 Å². The second-order valence-corrected chi connectivity index (χ2v) is 18.7. The van der Waals surface area contributed by atoms with Crippen LogP contribution in [0.25, 0.3) is 0 Å². The van der Waals surface area contributed by atoms with E-state index in [2.05, 4.69) is 124 Å². The maximum Gasteiger partial charge on any atom is 0.472 e. The average Bonchev–Trinajstić information content (AvgIpc) is 3.37. The highest BCUT2D eigenvalue weighted by molar-refractivity contribution is 7.47. The summed E-state index contributed by atoms with van der Waals surface area (Å²) in [7, 11) is -4.79. The Labute approximate surface area is 436 Å². The van der Waals surface area contributed by atoms with Crippen molar-refractivity contribution in [1.29, 1.82) is 0 Å². The molecule has 0 radical (unpaired) electrons. The molecule has 0 saturated carbocycles. The highest BCUT2D eigenvalue weighted by Crippen LogP contribution is 2.43. The molecule has 0 rings (SSSR count). The van der Waals surface area contributed by atoms with E-state index in [-0.39, 0.29) is 19.3 Å². The van der Waals surface area contributed by atoms with Crippen molar-refractivity contribution in [3.63, 3.8) is 0 Å². The topological polar surface area (TPSA) is 155 Å². The van der Waals surface area contributed by atoms with Crippen LogP contribution >= 0.6 is 7.82 Å². The van der Waals surface area contributed by atoms with Crippen LogP contribution < -0.4 is 0 Å². The molecule has 0 aliphatic carbocycles. The van der Waals surface area contributed by atoms with Crippen LogP contribution in [0.3, 0.4) is 0 Å². The molecule has 0 heterocycles. The van der Waals surface area contributed by atoms with Gasteiger partial charge in [0, 0.05) is 19.3 Å². The Balaban J connectivity index is 4.90. The molecule has 11 nitrogen and oxygen atoms in total. The van der Waals surface area contributed by atoms with Crippen molar-refractivity contribution in [1.82, 2.24) is 0 Å². The van der Waals surface area contributed by atoms with E-state index in [0.717, 1.165) is 103 Å². The van der Waals surface area contributed by atoms with Gasteiger partial charge in [-0.1, -0.05) is 193 Å². The Morgan fingerprint density at radius 1 is 0.403 bits per heavy atom. The molecule has 3 unspecified atom stereocenters. The zero-order valence-corrected chi connectivity index (χ0v) is 45.5. The first-order chi connectivity index (χ1) is 35.2. The van der Waals surface area contributed by atoms with Gasteiger partial charge in [0.15, 0.2) is 6.10 Å². The van der Waals surface area contributed by atoms with Gasteiger partial charge in [-0.05, 0) is 109 Å². The molecule has 406 valence electrons. The third-order valence-corrected chi connectivity index (χ3v) is 11.5. The molecule has 0 fully saturated rings. The number of phosphoric ester groups is 1. The van der Waals surface area contributed by atoms with E-state index in [4.69, 9.17) is 23.3 Å². The SMILES string of the molecule is CC/C=C\C/C=C\C/C=C\C/C=C\CCC(=O)OCC(COP(=O)(O)OCC(CO)OC(=O)CC/C=C\C/C=C\C/C=C\C/C=C\CC)OC(=O)CCCCCCCC/C=C\C/C=C\C/C=C\CCCCC. The van der Waals surface area contributed by atoms with Gasteiger partial charge in [-0.3, -0.25) is 23.4 Å². The molecule has 12 heteroatoms. The standard InChI is InChI=1S/C60H95O11P/c1-4-7-10-13-16-19-22-25-26-27-28-29-30-33-36-39-42-45-48-51-60(64)71-57(53-67-58(62)49-46-43-40-37-34-31-23-20-17-14-11-8-5-2)55-69-72(65,66)68-54-56(52-61)70-59(63)50-47-44-41-38-35-32-24-21-18-15-12-9-6-3/h8-9,11-12,16-21,25-26,28-29,31-32,34-35,40-41,43-44,56-57,61H,4-7,10,13-15,22-24,27,30,33,36-39,42,45-55H2,1-3H3,(H,65,66)/b11-8-,12-9-,19-16-,20-17-,21-18-,26-25-,29-28-,34-31-,35-32-,43-40-,44-41-. The van der Waals surface area contributed by atoms with Crippen LogP contribution in [0.2, 0.25) is 0 Å². The Bertz CT molecular complexity index is 1710. The fourth-order valence-corrected chi connectivity index (χ4v) is 7.29. The lowest BCUT2D eigenvalue weighted by molar-refractivity contribution is -0.161. The van der Waals surface area contributed by atoms with Crippen molar-refractivity contribution < 1.29 is 52.2 Å². The fraction of sp³-hybridized carbons (Fsp3) is 0.583. The zero-order chi connectivity index (χ0) is 52.7. The first-order valence-electron chi connectivity index (χ1n) is 27.1. The van der Waals surface area contributed by atoms with Gasteiger partial charge in [-0.15, -0.1) is 0 Å². The third kappa shape index (κ3) is 50.6. The minimum absolute atomic E-state index is 0.0432. The van der Waals surface area contributed by atoms with Crippen molar-refractivity contribution in [3.05, 3.63) is 134 Å². The number of aliphatic hydroxyl groups excluding tert-OH is 1. The Hall–Kier alpha value is -4.38. The number of aliphatic hydroxyl groups is 1. The minimum Gasteiger partial charge on any atom is -0.462 e. The molecule has 72 heavy (non-hydrogen) atoms. The van der Waals surface area contributed by atoms with Crippen LogP contribution in [-0.4, -0.2) is 66.5 Å².